The predicted molar refractivity (Wildman–Crippen MR) is 145 cm³/mol. The molecule has 1 amide bonds. The summed E-state index contributed by atoms with van der Waals surface area (Å²) >= 11 is 6.01. The molecule has 0 aliphatic carbocycles. The number of rotatable bonds is 9. The van der Waals surface area contributed by atoms with E-state index in [9.17, 15) is 14.7 Å². The van der Waals surface area contributed by atoms with E-state index in [-0.39, 0.29) is 19.1 Å². The normalized spacial score (nSPS) is 17.7. The van der Waals surface area contributed by atoms with E-state index in [0.717, 1.165) is 12.8 Å². The Balaban J connectivity index is 0.000000568. The molecule has 0 spiro atoms. The summed E-state index contributed by atoms with van der Waals surface area (Å²) in [7, 11) is 3.85. The first kappa shape index (κ1) is 28.2. The van der Waals surface area contributed by atoms with Crippen LogP contribution in [0.4, 0.5) is 0 Å². The Kier molecular flexibility index (Phi) is 10.1. The number of aromatic nitrogens is 2. The van der Waals surface area contributed by atoms with Crippen LogP contribution in [0.1, 0.15) is 39.3 Å². The third-order valence-electron chi connectivity index (χ3n) is 5.84. The van der Waals surface area contributed by atoms with Crippen molar-refractivity contribution in [2.75, 3.05) is 33.8 Å². The standard InChI is InChI=1S/C23H21ClN4O3.C4H11NO/c1-2-13-9-18-19(10-15(13)12-29)28-22(27-18)21-17(6-7-25-23(21)31)26-11-20(30)14-4-3-5-16(24)8-14;1-5(2)3-4-6/h2-10,12,17,20-21,26,30H,1,11H2,(H,25,31)(H,27,28);6H,3-4H2,1-2H3. The maximum absolute atomic E-state index is 12.7. The Bertz CT molecular complexity index is 1230. The lowest BCUT2D eigenvalue weighted by Crippen LogP contribution is -2.45. The number of aliphatic hydroxyl groups is 2. The second-order valence-corrected chi connectivity index (χ2v) is 9.26. The highest BCUT2D eigenvalue weighted by Crippen LogP contribution is 2.26. The largest absolute Gasteiger partial charge is 0.395 e. The number of H-pyrrole nitrogens is 1. The van der Waals surface area contributed by atoms with Crippen molar-refractivity contribution in [3.63, 3.8) is 0 Å². The fourth-order valence-electron chi connectivity index (χ4n) is 3.89. The molecule has 1 aromatic heterocycles. The molecule has 2 aromatic carbocycles. The molecule has 0 saturated carbocycles. The predicted octanol–water partition coefficient (Wildman–Crippen LogP) is 2.63. The van der Waals surface area contributed by atoms with Crippen molar-refractivity contribution in [3.8, 4) is 0 Å². The van der Waals surface area contributed by atoms with E-state index in [1.165, 1.54) is 0 Å². The van der Waals surface area contributed by atoms with Gasteiger partial charge in [0.25, 0.3) is 0 Å². The quantitative estimate of drug-likeness (QED) is 0.271. The van der Waals surface area contributed by atoms with Gasteiger partial charge in [-0.05, 0) is 49.5 Å². The summed E-state index contributed by atoms with van der Waals surface area (Å²) < 4.78 is 0. The van der Waals surface area contributed by atoms with Crippen molar-refractivity contribution in [1.29, 1.82) is 0 Å². The van der Waals surface area contributed by atoms with E-state index in [2.05, 4.69) is 27.2 Å². The molecule has 3 atom stereocenters. The first-order valence-corrected chi connectivity index (χ1v) is 12.2. The van der Waals surface area contributed by atoms with Crippen LogP contribution >= 0.6 is 11.6 Å². The van der Waals surface area contributed by atoms with Crippen LogP contribution in [0.5, 0.6) is 0 Å². The van der Waals surface area contributed by atoms with Gasteiger partial charge in [-0.1, -0.05) is 42.5 Å². The summed E-state index contributed by atoms with van der Waals surface area (Å²) in [5, 5.41) is 25.2. The average Bonchev–Trinajstić information content (AvgIpc) is 3.28. The first-order valence-electron chi connectivity index (χ1n) is 11.8. The number of imidazole rings is 1. The number of fused-ring (bicyclic) bond motifs is 1. The van der Waals surface area contributed by atoms with Gasteiger partial charge in [0, 0.05) is 35.9 Å². The lowest BCUT2D eigenvalue weighted by Gasteiger charge is -2.27. The molecule has 3 unspecified atom stereocenters. The van der Waals surface area contributed by atoms with Crippen LogP contribution in [-0.4, -0.2) is 77.1 Å². The summed E-state index contributed by atoms with van der Waals surface area (Å²) in [6.45, 7) is 4.96. The lowest BCUT2D eigenvalue weighted by molar-refractivity contribution is -0.122. The van der Waals surface area contributed by atoms with Crippen LogP contribution in [-0.2, 0) is 4.79 Å². The number of benzene rings is 2. The van der Waals surface area contributed by atoms with Gasteiger partial charge in [0.15, 0.2) is 6.29 Å². The Labute approximate surface area is 220 Å². The van der Waals surface area contributed by atoms with Gasteiger partial charge in [-0.15, -0.1) is 0 Å². The monoisotopic (exact) mass is 525 g/mol. The van der Waals surface area contributed by atoms with Gasteiger partial charge in [-0.25, -0.2) is 4.98 Å². The minimum absolute atomic E-state index is 0.218. The molecule has 4 rings (SSSR count). The number of amides is 1. The average molecular weight is 526 g/mol. The zero-order valence-corrected chi connectivity index (χ0v) is 21.6. The van der Waals surface area contributed by atoms with Crippen LogP contribution in [0.25, 0.3) is 17.1 Å². The summed E-state index contributed by atoms with van der Waals surface area (Å²) in [5.74, 6) is -0.406. The number of carbonyl (C=O) groups excluding carboxylic acids is 2. The van der Waals surface area contributed by atoms with Crippen LogP contribution in [0.2, 0.25) is 5.02 Å². The molecule has 1 aliphatic heterocycles. The topological polar surface area (TPSA) is 131 Å². The van der Waals surface area contributed by atoms with E-state index in [1.54, 1.807) is 48.7 Å². The number of aldehydes is 1. The molecule has 196 valence electrons. The molecule has 9 nitrogen and oxygen atoms in total. The van der Waals surface area contributed by atoms with E-state index in [1.807, 2.05) is 25.1 Å². The van der Waals surface area contributed by atoms with Crippen molar-refractivity contribution in [3.05, 3.63) is 82.8 Å². The van der Waals surface area contributed by atoms with Gasteiger partial charge in [0.05, 0.1) is 23.7 Å². The van der Waals surface area contributed by atoms with Gasteiger partial charge >= 0.3 is 0 Å². The van der Waals surface area contributed by atoms with Crippen molar-refractivity contribution < 1.29 is 19.8 Å². The van der Waals surface area contributed by atoms with Crippen molar-refractivity contribution in [2.45, 2.75) is 18.1 Å². The zero-order valence-electron chi connectivity index (χ0n) is 20.8. The lowest BCUT2D eigenvalue weighted by atomic mass is 9.95. The molecular formula is C27H32ClN5O4. The van der Waals surface area contributed by atoms with E-state index in [4.69, 9.17) is 16.7 Å². The maximum Gasteiger partial charge on any atom is 0.236 e. The number of hydrogen-bond donors (Lipinski definition) is 5. The minimum Gasteiger partial charge on any atom is -0.395 e. The second kappa shape index (κ2) is 13.3. The van der Waals surface area contributed by atoms with Gasteiger partial charge in [0.1, 0.15) is 11.7 Å². The number of nitrogens with one attached hydrogen (secondary N) is 3. The zero-order chi connectivity index (χ0) is 26.9. The number of aromatic amines is 1. The smallest absolute Gasteiger partial charge is 0.236 e. The van der Waals surface area contributed by atoms with Gasteiger partial charge in [-0.2, -0.15) is 0 Å². The van der Waals surface area contributed by atoms with Crippen molar-refractivity contribution in [1.82, 2.24) is 25.5 Å². The van der Waals surface area contributed by atoms with Crippen LogP contribution in [0.3, 0.4) is 0 Å². The maximum atomic E-state index is 12.7. The van der Waals surface area contributed by atoms with Gasteiger partial charge < -0.3 is 30.7 Å². The van der Waals surface area contributed by atoms with E-state index >= 15 is 0 Å². The molecule has 2 heterocycles. The van der Waals surface area contributed by atoms with Crippen LogP contribution < -0.4 is 10.6 Å². The Morgan fingerprint density at radius 1 is 1.27 bits per heavy atom. The molecule has 0 radical (unpaired) electrons. The highest BCUT2D eigenvalue weighted by Gasteiger charge is 2.33. The molecule has 1 aliphatic rings. The van der Waals surface area contributed by atoms with Crippen LogP contribution in [0.15, 0.2) is 55.3 Å². The number of hydrogen-bond acceptors (Lipinski definition) is 7. The summed E-state index contributed by atoms with van der Waals surface area (Å²) in [5.41, 5.74) is 3.14. The number of halogens is 1. The fourth-order valence-corrected chi connectivity index (χ4v) is 4.09. The molecule has 5 N–H and O–H groups in total. The number of aliphatic hydroxyl groups excluding tert-OH is 2. The number of carbonyl (C=O) groups is 2. The Morgan fingerprint density at radius 3 is 2.68 bits per heavy atom. The molecular weight excluding hydrogens is 494 g/mol. The first-order chi connectivity index (χ1) is 17.8. The number of likely N-dealkylation sites (N-methyl/N-ethyl adjacent to an activating group) is 1. The molecule has 0 bridgehead atoms. The highest BCUT2D eigenvalue weighted by molar-refractivity contribution is 6.30. The van der Waals surface area contributed by atoms with Crippen LogP contribution in [0, 0.1) is 0 Å². The third kappa shape index (κ3) is 7.34. The molecule has 10 heteroatoms. The molecule has 37 heavy (non-hydrogen) atoms. The Morgan fingerprint density at radius 2 is 2.05 bits per heavy atom. The molecule has 0 saturated heterocycles. The Hall–Kier alpha value is -3.34. The number of nitrogens with zero attached hydrogens (tertiary/aromatic N) is 2. The third-order valence-corrected chi connectivity index (χ3v) is 6.08. The summed E-state index contributed by atoms with van der Waals surface area (Å²) in [6, 6.07) is 10.1. The van der Waals surface area contributed by atoms with Crippen molar-refractivity contribution in [2.24, 2.45) is 0 Å². The van der Waals surface area contributed by atoms with E-state index in [0.29, 0.717) is 38.6 Å². The molecule has 3 aromatic rings. The summed E-state index contributed by atoms with van der Waals surface area (Å²) in [4.78, 5) is 33.7. The fraction of sp³-hybridized carbons (Fsp3) is 0.296. The van der Waals surface area contributed by atoms with E-state index < -0.39 is 18.1 Å². The summed E-state index contributed by atoms with van der Waals surface area (Å²) in [6.07, 6.45) is 4.95. The van der Waals surface area contributed by atoms with Gasteiger partial charge in [0.2, 0.25) is 5.91 Å². The highest BCUT2D eigenvalue weighted by atomic mass is 35.5. The van der Waals surface area contributed by atoms with Crippen molar-refractivity contribution >= 4 is 40.9 Å². The SMILES string of the molecule is C=Cc1cc2nc(C3C(=O)NC=CC3NCC(O)c3cccc(Cl)c3)[nH]c2cc1C=O.CN(C)CCO. The minimum atomic E-state index is -0.793. The van der Waals surface area contributed by atoms with Gasteiger partial charge in [-0.3, -0.25) is 9.59 Å². The molecule has 0 fully saturated rings. The second-order valence-electron chi connectivity index (χ2n) is 8.82.